The molecule has 1 spiro atoms. The standard InChI is InChI=1S/C18H24N2O.ClH/c1-12-7-9-19-11-16(12)20-17(21)15-10-18(15)8-6-13-4-2-3-5-14(13)18;/h2-5,12,15-16,19H,6-11H2,1H3,(H,20,21);1H. The maximum atomic E-state index is 12.7. The molecule has 1 aliphatic heterocycles. The summed E-state index contributed by atoms with van der Waals surface area (Å²) in [6.45, 7) is 4.25. The highest BCUT2D eigenvalue weighted by Crippen LogP contribution is 2.61. The molecule has 0 bridgehead atoms. The van der Waals surface area contributed by atoms with E-state index in [1.54, 1.807) is 0 Å². The third kappa shape index (κ3) is 2.44. The Morgan fingerprint density at radius 1 is 1.36 bits per heavy atom. The average Bonchev–Trinajstić information content (AvgIpc) is 3.12. The van der Waals surface area contributed by atoms with Crippen molar-refractivity contribution in [2.24, 2.45) is 11.8 Å². The summed E-state index contributed by atoms with van der Waals surface area (Å²) in [5.41, 5.74) is 3.08. The van der Waals surface area contributed by atoms with E-state index >= 15 is 0 Å². The molecule has 22 heavy (non-hydrogen) atoms. The van der Waals surface area contributed by atoms with Gasteiger partial charge in [-0.05, 0) is 49.3 Å². The van der Waals surface area contributed by atoms with Crippen LogP contribution >= 0.6 is 12.4 Å². The highest BCUT2D eigenvalue weighted by atomic mass is 35.5. The highest BCUT2D eigenvalue weighted by molar-refractivity contribution is 5.85. The zero-order valence-electron chi connectivity index (χ0n) is 13.1. The lowest BCUT2D eigenvalue weighted by Crippen LogP contribution is -2.51. The first kappa shape index (κ1) is 15.8. The van der Waals surface area contributed by atoms with Gasteiger partial charge < -0.3 is 10.6 Å². The second-order valence-corrected chi connectivity index (χ2v) is 7.16. The molecule has 4 rings (SSSR count). The predicted molar refractivity (Wildman–Crippen MR) is 90.4 cm³/mol. The van der Waals surface area contributed by atoms with Crippen molar-refractivity contribution in [1.82, 2.24) is 10.6 Å². The number of carbonyl (C=O) groups excluding carboxylic acids is 1. The summed E-state index contributed by atoms with van der Waals surface area (Å²) in [6.07, 6.45) is 4.50. The fourth-order valence-electron chi connectivity index (χ4n) is 4.41. The van der Waals surface area contributed by atoms with Gasteiger partial charge in [0.25, 0.3) is 0 Å². The molecule has 4 unspecified atom stereocenters. The molecular formula is C18H25ClN2O. The van der Waals surface area contributed by atoms with Crippen LogP contribution in [0.1, 0.15) is 37.3 Å². The number of amides is 1. The molecule has 4 heteroatoms. The largest absolute Gasteiger partial charge is 0.352 e. The molecular weight excluding hydrogens is 296 g/mol. The van der Waals surface area contributed by atoms with Gasteiger partial charge in [-0.1, -0.05) is 31.2 Å². The summed E-state index contributed by atoms with van der Waals surface area (Å²) in [6, 6.07) is 9.00. The van der Waals surface area contributed by atoms with Gasteiger partial charge in [0, 0.05) is 23.9 Å². The molecule has 1 aromatic carbocycles. The molecule has 2 fully saturated rings. The molecule has 120 valence electrons. The smallest absolute Gasteiger partial charge is 0.224 e. The predicted octanol–water partition coefficient (Wildman–Crippen LogP) is 2.43. The van der Waals surface area contributed by atoms with Gasteiger partial charge in [-0.15, -0.1) is 12.4 Å². The van der Waals surface area contributed by atoms with Crippen LogP contribution in [0, 0.1) is 11.8 Å². The topological polar surface area (TPSA) is 41.1 Å². The number of rotatable bonds is 2. The highest BCUT2D eigenvalue weighted by Gasteiger charge is 2.61. The molecule has 3 nitrogen and oxygen atoms in total. The lowest BCUT2D eigenvalue weighted by molar-refractivity contribution is -0.123. The van der Waals surface area contributed by atoms with Crippen molar-refractivity contribution in [2.45, 2.75) is 44.1 Å². The van der Waals surface area contributed by atoms with E-state index in [0.29, 0.717) is 12.0 Å². The van der Waals surface area contributed by atoms with Crippen molar-refractivity contribution in [3.05, 3.63) is 35.4 Å². The van der Waals surface area contributed by atoms with E-state index in [1.807, 2.05) is 0 Å². The number of hydrogen-bond donors (Lipinski definition) is 2. The summed E-state index contributed by atoms with van der Waals surface area (Å²) < 4.78 is 0. The molecule has 1 heterocycles. The Morgan fingerprint density at radius 3 is 3.00 bits per heavy atom. The number of piperidine rings is 1. The normalized spacial score (nSPS) is 35.6. The number of aryl methyl sites for hydroxylation is 1. The Labute approximate surface area is 138 Å². The van der Waals surface area contributed by atoms with Crippen LogP contribution in [-0.2, 0) is 16.6 Å². The van der Waals surface area contributed by atoms with Crippen LogP contribution in [0.4, 0.5) is 0 Å². The molecule has 2 aliphatic carbocycles. The second kappa shape index (κ2) is 5.86. The van der Waals surface area contributed by atoms with Gasteiger partial charge in [0.05, 0.1) is 0 Å². The maximum Gasteiger partial charge on any atom is 0.224 e. The number of benzene rings is 1. The van der Waals surface area contributed by atoms with Crippen LogP contribution in [-0.4, -0.2) is 25.0 Å². The Morgan fingerprint density at radius 2 is 2.18 bits per heavy atom. The molecule has 1 saturated heterocycles. The van der Waals surface area contributed by atoms with Gasteiger partial charge in [-0.2, -0.15) is 0 Å². The number of nitrogens with one attached hydrogen (secondary N) is 2. The zero-order valence-corrected chi connectivity index (χ0v) is 13.9. The van der Waals surface area contributed by atoms with Crippen LogP contribution < -0.4 is 10.6 Å². The molecule has 1 amide bonds. The van der Waals surface area contributed by atoms with Crippen molar-refractivity contribution < 1.29 is 4.79 Å². The van der Waals surface area contributed by atoms with Crippen molar-refractivity contribution in [2.75, 3.05) is 13.1 Å². The van der Waals surface area contributed by atoms with Crippen molar-refractivity contribution >= 4 is 18.3 Å². The van der Waals surface area contributed by atoms with E-state index in [1.165, 1.54) is 11.1 Å². The van der Waals surface area contributed by atoms with E-state index in [2.05, 4.69) is 41.8 Å². The van der Waals surface area contributed by atoms with Crippen LogP contribution in [0.5, 0.6) is 0 Å². The minimum Gasteiger partial charge on any atom is -0.352 e. The molecule has 0 aromatic heterocycles. The third-order valence-electron chi connectivity index (χ3n) is 5.94. The number of hydrogen-bond acceptors (Lipinski definition) is 2. The van der Waals surface area contributed by atoms with Crippen molar-refractivity contribution in [3.63, 3.8) is 0 Å². The van der Waals surface area contributed by atoms with Crippen molar-refractivity contribution in [1.29, 1.82) is 0 Å². The number of carbonyl (C=O) groups is 1. The summed E-state index contributed by atoms with van der Waals surface area (Å²) in [5, 5.41) is 6.70. The summed E-state index contributed by atoms with van der Waals surface area (Å²) in [4.78, 5) is 12.7. The van der Waals surface area contributed by atoms with Gasteiger partial charge in [-0.3, -0.25) is 4.79 Å². The molecule has 0 radical (unpaired) electrons. The Kier molecular flexibility index (Phi) is 4.21. The quantitative estimate of drug-likeness (QED) is 0.878. The fourth-order valence-corrected chi connectivity index (χ4v) is 4.41. The van der Waals surface area contributed by atoms with Crippen molar-refractivity contribution in [3.8, 4) is 0 Å². The average molecular weight is 321 g/mol. The Bertz CT molecular complexity index is 576. The van der Waals surface area contributed by atoms with E-state index in [4.69, 9.17) is 0 Å². The number of halogens is 1. The monoisotopic (exact) mass is 320 g/mol. The molecule has 3 aliphatic rings. The summed E-state index contributed by atoms with van der Waals surface area (Å²) in [7, 11) is 0. The first-order chi connectivity index (χ1) is 10.2. The lowest BCUT2D eigenvalue weighted by atomic mass is 9.93. The van der Waals surface area contributed by atoms with Gasteiger partial charge in [0.1, 0.15) is 0 Å². The fraction of sp³-hybridized carbons (Fsp3) is 0.611. The summed E-state index contributed by atoms with van der Waals surface area (Å²) in [5.74, 6) is 1.07. The van der Waals surface area contributed by atoms with E-state index in [9.17, 15) is 4.79 Å². The first-order valence-electron chi connectivity index (χ1n) is 8.30. The Hall–Kier alpha value is -1.06. The van der Waals surface area contributed by atoms with Gasteiger partial charge in [0.15, 0.2) is 0 Å². The first-order valence-corrected chi connectivity index (χ1v) is 8.30. The maximum absolute atomic E-state index is 12.7. The third-order valence-corrected chi connectivity index (χ3v) is 5.94. The number of fused-ring (bicyclic) bond motifs is 2. The van der Waals surface area contributed by atoms with Gasteiger partial charge in [0.2, 0.25) is 5.91 Å². The van der Waals surface area contributed by atoms with Crippen LogP contribution in [0.3, 0.4) is 0 Å². The van der Waals surface area contributed by atoms with Crippen LogP contribution in [0.2, 0.25) is 0 Å². The molecule has 4 atom stereocenters. The lowest BCUT2D eigenvalue weighted by Gasteiger charge is -2.30. The van der Waals surface area contributed by atoms with E-state index in [0.717, 1.165) is 38.8 Å². The van der Waals surface area contributed by atoms with E-state index in [-0.39, 0.29) is 29.6 Å². The Balaban J connectivity index is 0.00000144. The van der Waals surface area contributed by atoms with Crippen LogP contribution in [0.15, 0.2) is 24.3 Å². The second-order valence-electron chi connectivity index (χ2n) is 7.16. The molecule has 2 N–H and O–H groups in total. The zero-order chi connectivity index (χ0) is 14.4. The van der Waals surface area contributed by atoms with Crippen LogP contribution in [0.25, 0.3) is 0 Å². The summed E-state index contributed by atoms with van der Waals surface area (Å²) >= 11 is 0. The van der Waals surface area contributed by atoms with E-state index < -0.39 is 0 Å². The molecule has 1 saturated carbocycles. The minimum absolute atomic E-state index is 0. The SMILES string of the molecule is CC1CCNCC1NC(=O)C1CC12CCc1ccccc12.Cl. The molecule has 1 aromatic rings. The minimum atomic E-state index is 0. The van der Waals surface area contributed by atoms with Gasteiger partial charge in [-0.25, -0.2) is 0 Å². The van der Waals surface area contributed by atoms with Gasteiger partial charge >= 0.3 is 0 Å².